The molecule has 1 N–H and O–H groups in total. The Bertz CT molecular complexity index is 1350. The number of fused-ring (bicyclic) bond motifs is 1. The molecule has 6 nitrogen and oxygen atoms in total. The van der Waals surface area contributed by atoms with Gasteiger partial charge in [0.05, 0.1) is 11.8 Å². The molecule has 4 aromatic carbocycles. The average Bonchev–Trinajstić information content (AvgIpc) is 2.85. The fourth-order valence-electron chi connectivity index (χ4n) is 3.18. The molecule has 0 saturated carbocycles. The largest absolute Gasteiger partial charge is 0.481 e. The number of carbonyl (C=O) groups is 2. The van der Waals surface area contributed by atoms with Crippen LogP contribution in [0.25, 0.3) is 10.8 Å². The lowest BCUT2D eigenvalue weighted by molar-refractivity contribution is -0.127. The second-order valence-electron chi connectivity index (χ2n) is 7.44. The van der Waals surface area contributed by atoms with Crippen LogP contribution in [0.5, 0.6) is 11.5 Å². The molecule has 0 heterocycles. The topological polar surface area (TPSA) is 77.0 Å². The van der Waals surface area contributed by atoms with Gasteiger partial charge in [-0.15, -0.1) is 0 Å². The number of amides is 1. The zero-order chi connectivity index (χ0) is 23.9. The summed E-state index contributed by atoms with van der Waals surface area (Å²) in [5.41, 5.74) is 3.34. The lowest BCUT2D eigenvalue weighted by atomic mass is 10.1. The molecule has 0 aliphatic rings. The molecule has 1 atom stereocenters. The molecule has 0 aromatic heterocycles. The number of hydrogen-bond donors (Lipinski definition) is 1. The normalized spacial score (nSPS) is 11.8. The van der Waals surface area contributed by atoms with Gasteiger partial charge in [-0.2, -0.15) is 5.10 Å². The number of rotatable bonds is 7. The molecular weight excluding hydrogens is 452 g/mol. The molecule has 0 aliphatic carbocycles. The van der Waals surface area contributed by atoms with Gasteiger partial charge in [-0.25, -0.2) is 10.2 Å². The fourth-order valence-corrected chi connectivity index (χ4v) is 3.31. The lowest BCUT2D eigenvalue weighted by Crippen LogP contribution is -2.33. The number of esters is 1. The van der Waals surface area contributed by atoms with E-state index in [-0.39, 0.29) is 0 Å². The first kappa shape index (κ1) is 23.0. The van der Waals surface area contributed by atoms with Crippen molar-refractivity contribution in [3.63, 3.8) is 0 Å². The third-order valence-electron chi connectivity index (χ3n) is 4.98. The molecule has 7 heteroatoms. The molecule has 4 aromatic rings. The van der Waals surface area contributed by atoms with Crippen LogP contribution in [0.2, 0.25) is 5.02 Å². The van der Waals surface area contributed by atoms with Gasteiger partial charge in [0.2, 0.25) is 0 Å². The third-order valence-corrected chi connectivity index (χ3v) is 5.23. The van der Waals surface area contributed by atoms with Gasteiger partial charge >= 0.3 is 5.97 Å². The Kier molecular flexibility index (Phi) is 7.20. The van der Waals surface area contributed by atoms with Gasteiger partial charge in [0.25, 0.3) is 5.91 Å². The molecular formula is C27H21ClN2O4. The van der Waals surface area contributed by atoms with Crippen LogP contribution in [0.1, 0.15) is 22.8 Å². The van der Waals surface area contributed by atoms with Crippen LogP contribution in [-0.2, 0) is 4.79 Å². The number of ether oxygens (including phenoxy) is 2. The van der Waals surface area contributed by atoms with Crippen LogP contribution in [-0.4, -0.2) is 24.2 Å². The van der Waals surface area contributed by atoms with Crippen LogP contribution in [0.3, 0.4) is 0 Å². The van der Waals surface area contributed by atoms with Crippen LogP contribution >= 0.6 is 11.6 Å². The van der Waals surface area contributed by atoms with E-state index in [2.05, 4.69) is 10.5 Å². The van der Waals surface area contributed by atoms with E-state index in [1.54, 1.807) is 55.5 Å². The predicted octanol–water partition coefficient (Wildman–Crippen LogP) is 5.63. The SMILES string of the molecule is C[C@H](Oc1ccc2ccccc2c1)C(=O)N/N=C\c1ccccc1OC(=O)c1ccc(Cl)cc1. The van der Waals surface area contributed by atoms with Crippen LogP contribution in [0.4, 0.5) is 0 Å². The van der Waals surface area contributed by atoms with E-state index in [1.807, 2.05) is 42.5 Å². The minimum atomic E-state index is -0.767. The molecule has 0 spiro atoms. The van der Waals surface area contributed by atoms with Gasteiger partial charge in [0, 0.05) is 10.6 Å². The standard InChI is InChI=1S/C27H21ClN2O4/c1-18(33-24-15-12-19-6-2-3-7-21(19)16-24)26(31)30-29-17-22-8-4-5-9-25(22)34-27(32)20-10-13-23(28)14-11-20/h2-18H,1H3,(H,30,31)/b29-17-/t18-/m0/s1. The van der Waals surface area contributed by atoms with Crippen molar-refractivity contribution in [1.29, 1.82) is 0 Å². The third kappa shape index (κ3) is 5.79. The van der Waals surface area contributed by atoms with Gasteiger partial charge in [0.1, 0.15) is 11.5 Å². The predicted molar refractivity (Wildman–Crippen MR) is 133 cm³/mol. The fraction of sp³-hybridized carbons (Fsp3) is 0.0741. The minimum absolute atomic E-state index is 0.306. The number of nitrogens with one attached hydrogen (secondary N) is 1. The maximum atomic E-state index is 12.4. The number of nitrogens with zero attached hydrogens (tertiary/aromatic N) is 1. The highest BCUT2D eigenvalue weighted by atomic mass is 35.5. The highest BCUT2D eigenvalue weighted by Gasteiger charge is 2.15. The maximum absolute atomic E-state index is 12.4. The highest BCUT2D eigenvalue weighted by Crippen LogP contribution is 2.22. The van der Waals surface area contributed by atoms with E-state index in [9.17, 15) is 9.59 Å². The number of benzene rings is 4. The lowest BCUT2D eigenvalue weighted by Gasteiger charge is -2.13. The van der Waals surface area contributed by atoms with Crippen molar-refractivity contribution < 1.29 is 19.1 Å². The zero-order valence-corrected chi connectivity index (χ0v) is 19.0. The number of carbonyl (C=O) groups excluding carboxylic acids is 2. The molecule has 4 rings (SSSR count). The summed E-state index contributed by atoms with van der Waals surface area (Å²) in [5, 5.41) is 6.63. The van der Waals surface area contributed by atoms with E-state index in [4.69, 9.17) is 21.1 Å². The Morgan fingerprint density at radius 1 is 0.912 bits per heavy atom. The van der Waals surface area contributed by atoms with E-state index in [0.29, 0.717) is 27.6 Å². The molecule has 0 aliphatic heterocycles. The Morgan fingerprint density at radius 3 is 2.41 bits per heavy atom. The molecule has 0 fully saturated rings. The van der Waals surface area contributed by atoms with Crippen molar-refractivity contribution in [1.82, 2.24) is 5.43 Å². The molecule has 0 radical (unpaired) electrons. The van der Waals surface area contributed by atoms with Crippen molar-refractivity contribution >= 4 is 40.5 Å². The molecule has 170 valence electrons. The van der Waals surface area contributed by atoms with Crippen LogP contribution in [0, 0.1) is 0 Å². The van der Waals surface area contributed by atoms with Crippen molar-refractivity contribution in [2.24, 2.45) is 5.10 Å². The highest BCUT2D eigenvalue weighted by molar-refractivity contribution is 6.30. The first-order valence-electron chi connectivity index (χ1n) is 10.5. The first-order valence-corrected chi connectivity index (χ1v) is 10.9. The van der Waals surface area contributed by atoms with E-state index in [0.717, 1.165) is 10.8 Å². The molecule has 0 bridgehead atoms. The van der Waals surface area contributed by atoms with Gasteiger partial charge in [-0.1, -0.05) is 54.1 Å². The van der Waals surface area contributed by atoms with E-state index >= 15 is 0 Å². The minimum Gasteiger partial charge on any atom is -0.481 e. The van der Waals surface area contributed by atoms with Crippen molar-refractivity contribution in [2.45, 2.75) is 13.0 Å². The van der Waals surface area contributed by atoms with Crippen LogP contribution in [0.15, 0.2) is 96.1 Å². The second-order valence-corrected chi connectivity index (χ2v) is 7.87. The Labute approximate surface area is 201 Å². The average molecular weight is 473 g/mol. The van der Waals surface area contributed by atoms with Crippen molar-refractivity contribution in [3.8, 4) is 11.5 Å². The summed E-state index contributed by atoms with van der Waals surface area (Å²) in [7, 11) is 0. The van der Waals surface area contributed by atoms with Gasteiger partial charge in [-0.05, 0) is 66.2 Å². The second kappa shape index (κ2) is 10.6. The molecule has 34 heavy (non-hydrogen) atoms. The summed E-state index contributed by atoms with van der Waals surface area (Å²) >= 11 is 5.86. The first-order chi connectivity index (χ1) is 16.5. The Morgan fingerprint density at radius 2 is 1.62 bits per heavy atom. The van der Waals surface area contributed by atoms with Gasteiger partial charge in [-0.3, -0.25) is 4.79 Å². The summed E-state index contributed by atoms with van der Waals surface area (Å²) in [6.45, 7) is 1.64. The number of para-hydroxylation sites is 1. The molecule has 1 amide bonds. The summed E-state index contributed by atoms with van der Waals surface area (Å²) in [6, 6.07) is 26.8. The molecule has 0 saturated heterocycles. The Hall–Kier alpha value is -4.16. The monoisotopic (exact) mass is 472 g/mol. The Balaban J connectivity index is 1.37. The smallest absolute Gasteiger partial charge is 0.343 e. The number of hydrazone groups is 1. The quantitative estimate of drug-likeness (QED) is 0.164. The van der Waals surface area contributed by atoms with Crippen molar-refractivity contribution in [3.05, 3.63) is 107 Å². The zero-order valence-electron chi connectivity index (χ0n) is 18.3. The summed E-state index contributed by atoms with van der Waals surface area (Å²) in [4.78, 5) is 24.8. The number of halogens is 1. The summed E-state index contributed by atoms with van der Waals surface area (Å²) in [6.07, 6.45) is 0.641. The summed E-state index contributed by atoms with van der Waals surface area (Å²) < 4.78 is 11.2. The maximum Gasteiger partial charge on any atom is 0.343 e. The van der Waals surface area contributed by atoms with Gasteiger partial charge < -0.3 is 9.47 Å². The van der Waals surface area contributed by atoms with E-state index in [1.165, 1.54) is 6.21 Å². The number of hydrogen-bond acceptors (Lipinski definition) is 5. The van der Waals surface area contributed by atoms with Crippen molar-refractivity contribution in [2.75, 3.05) is 0 Å². The summed E-state index contributed by atoms with van der Waals surface area (Å²) in [5.74, 6) is -0.0512. The molecule has 0 unspecified atom stereocenters. The van der Waals surface area contributed by atoms with E-state index < -0.39 is 18.0 Å². The van der Waals surface area contributed by atoms with Crippen LogP contribution < -0.4 is 14.9 Å². The van der Waals surface area contributed by atoms with Gasteiger partial charge in [0.15, 0.2) is 6.10 Å².